The summed E-state index contributed by atoms with van der Waals surface area (Å²) in [6.45, 7) is 7.32. The van der Waals surface area contributed by atoms with Gasteiger partial charge in [-0.15, -0.1) is 11.3 Å². The zero-order chi connectivity index (χ0) is 17.9. The monoisotopic (exact) mass is 349 g/mol. The Kier molecular flexibility index (Phi) is 5.39. The maximum absolute atomic E-state index is 13.1. The van der Waals surface area contributed by atoms with Crippen LogP contribution in [0.2, 0.25) is 0 Å². The van der Waals surface area contributed by atoms with Crippen molar-refractivity contribution in [1.29, 1.82) is 0 Å². The van der Waals surface area contributed by atoms with E-state index >= 15 is 0 Å². The van der Waals surface area contributed by atoms with Gasteiger partial charge in [-0.3, -0.25) is 4.79 Å². The predicted molar refractivity (Wildman–Crippen MR) is 93.8 cm³/mol. The fraction of sp³-hybridized carbons (Fsp3) is 0.333. The Bertz CT molecular complexity index is 745. The molecule has 0 aliphatic carbocycles. The molecule has 0 aliphatic heterocycles. The SMILES string of the molecule is CCOC(=O)c1c(-c2ccc(F)cc2)csc1NC(=O)C(C)(C)C. The van der Waals surface area contributed by atoms with Crippen LogP contribution in [-0.2, 0) is 9.53 Å². The third-order valence-corrected chi connectivity index (χ3v) is 4.23. The third-order valence-electron chi connectivity index (χ3n) is 3.33. The van der Waals surface area contributed by atoms with Gasteiger partial charge in [0.1, 0.15) is 16.4 Å². The minimum absolute atomic E-state index is 0.194. The fourth-order valence-corrected chi connectivity index (χ4v) is 2.94. The number of amides is 1. The first-order valence-corrected chi connectivity index (χ1v) is 8.48. The van der Waals surface area contributed by atoms with E-state index in [1.165, 1.54) is 23.5 Å². The van der Waals surface area contributed by atoms with Gasteiger partial charge < -0.3 is 10.1 Å². The van der Waals surface area contributed by atoms with Crippen LogP contribution in [0.25, 0.3) is 11.1 Å². The van der Waals surface area contributed by atoms with Gasteiger partial charge in [0.15, 0.2) is 0 Å². The Labute approximate surface area is 144 Å². The van der Waals surface area contributed by atoms with Crippen molar-refractivity contribution in [2.45, 2.75) is 27.7 Å². The molecule has 0 spiro atoms. The number of esters is 1. The molecule has 2 rings (SSSR count). The molecule has 4 nitrogen and oxygen atoms in total. The molecule has 128 valence electrons. The Morgan fingerprint density at radius 1 is 1.21 bits per heavy atom. The minimum atomic E-state index is -0.591. The van der Waals surface area contributed by atoms with E-state index < -0.39 is 11.4 Å². The topological polar surface area (TPSA) is 55.4 Å². The highest BCUT2D eigenvalue weighted by Crippen LogP contribution is 2.37. The molecule has 0 atom stereocenters. The first kappa shape index (κ1) is 18.1. The zero-order valence-corrected chi connectivity index (χ0v) is 14.9. The number of carbonyl (C=O) groups is 2. The molecule has 0 saturated carbocycles. The molecule has 1 aromatic heterocycles. The van der Waals surface area contributed by atoms with Crippen LogP contribution < -0.4 is 5.32 Å². The first-order chi connectivity index (χ1) is 11.2. The molecule has 0 aliphatic rings. The van der Waals surface area contributed by atoms with Gasteiger partial charge in [0, 0.05) is 16.4 Å². The van der Waals surface area contributed by atoms with Gasteiger partial charge in [-0.1, -0.05) is 32.9 Å². The van der Waals surface area contributed by atoms with Crippen molar-refractivity contribution < 1.29 is 18.7 Å². The lowest BCUT2D eigenvalue weighted by atomic mass is 9.95. The number of halogens is 1. The largest absolute Gasteiger partial charge is 0.462 e. The van der Waals surface area contributed by atoms with Gasteiger partial charge >= 0.3 is 5.97 Å². The van der Waals surface area contributed by atoms with Crippen molar-refractivity contribution in [1.82, 2.24) is 0 Å². The maximum Gasteiger partial charge on any atom is 0.341 e. The van der Waals surface area contributed by atoms with Crippen LogP contribution in [0, 0.1) is 11.2 Å². The average Bonchev–Trinajstić information content (AvgIpc) is 2.91. The van der Waals surface area contributed by atoms with Crippen molar-refractivity contribution in [2.24, 2.45) is 5.41 Å². The number of anilines is 1. The number of ether oxygens (including phenoxy) is 1. The number of carbonyl (C=O) groups excluding carboxylic acids is 2. The van der Waals surface area contributed by atoms with E-state index in [1.807, 2.05) is 0 Å². The van der Waals surface area contributed by atoms with Crippen LogP contribution in [0.1, 0.15) is 38.1 Å². The summed E-state index contributed by atoms with van der Waals surface area (Å²) in [7, 11) is 0. The van der Waals surface area contributed by atoms with Gasteiger partial charge in [0.25, 0.3) is 0 Å². The van der Waals surface area contributed by atoms with Crippen LogP contribution in [0.3, 0.4) is 0 Å². The molecule has 0 saturated heterocycles. The molecule has 2 aromatic rings. The van der Waals surface area contributed by atoms with Crippen LogP contribution in [0.15, 0.2) is 29.6 Å². The summed E-state index contributed by atoms with van der Waals surface area (Å²) in [5.41, 5.74) is 1.01. The van der Waals surface area contributed by atoms with Crippen LogP contribution >= 0.6 is 11.3 Å². The summed E-state index contributed by atoms with van der Waals surface area (Å²) in [4.78, 5) is 24.6. The highest BCUT2D eigenvalue weighted by Gasteiger charge is 2.27. The minimum Gasteiger partial charge on any atom is -0.462 e. The second-order valence-corrected chi connectivity index (χ2v) is 7.16. The van der Waals surface area contributed by atoms with Gasteiger partial charge in [-0.05, 0) is 24.6 Å². The summed E-state index contributed by atoms with van der Waals surface area (Å²) in [5.74, 6) is -1.06. The van der Waals surface area contributed by atoms with Gasteiger partial charge in [0.05, 0.1) is 6.61 Å². The quantitative estimate of drug-likeness (QED) is 0.813. The second-order valence-electron chi connectivity index (χ2n) is 6.28. The Morgan fingerprint density at radius 2 is 1.83 bits per heavy atom. The molecule has 0 radical (unpaired) electrons. The van der Waals surface area contributed by atoms with Crippen molar-refractivity contribution in [2.75, 3.05) is 11.9 Å². The summed E-state index contributed by atoms with van der Waals surface area (Å²) >= 11 is 1.25. The Hall–Kier alpha value is -2.21. The van der Waals surface area contributed by atoms with E-state index in [-0.39, 0.29) is 18.3 Å². The average molecular weight is 349 g/mol. The number of benzene rings is 1. The summed E-state index contributed by atoms with van der Waals surface area (Å²) in [6.07, 6.45) is 0. The normalized spacial score (nSPS) is 11.2. The number of thiophene rings is 1. The van der Waals surface area contributed by atoms with Crippen molar-refractivity contribution in [3.05, 3.63) is 41.0 Å². The number of hydrogen-bond donors (Lipinski definition) is 1. The third kappa shape index (κ3) is 4.00. The first-order valence-electron chi connectivity index (χ1n) is 7.60. The zero-order valence-electron chi connectivity index (χ0n) is 14.1. The van der Waals surface area contributed by atoms with Crippen molar-refractivity contribution in [3.8, 4) is 11.1 Å². The van der Waals surface area contributed by atoms with Crippen LogP contribution in [0.5, 0.6) is 0 Å². The lowest BCUT2D eigenvalue weighted by Gasteiger charge is -2.17. The Morgan fingerprint density at radius 3 is 2.38 bits per heavy atom. The van der Waals surface area contributed by atoms with E-state index in [2.05, 4.69) is 5.32 Å². The summed E-state index contributed by atoms with van der Waals surface area (Å²) in [6, 6.07) is 5.84. The smallest absolute Gasteiger partial charge is 0.341 e. The molecule has 6 heteroatoms. The summed E-state index contributed by atoms with van der Waals surface area (Å²) < 4.78 is 18.3. The Balaban J connectivity index is 2.47. The van der Waals surface area contributed by atoms with Gasteiger partial charge in [0.2, 0.25) is 5.91 Å². The van der Waals surface area contributed by atoms with E-state index in [4.69, 9.17) is 4.74 Å². The van der Waals surface area contributed by atoms with Crippen LogP contribution in [-0.4, -0.2) is 18.5 Å². The van der Waals surface area contributed by atoms with E-state index in [0.29, 0.717) is 21.7 Å². The molecule has 1 amide bonds. The van der Waals surface area contributed by atoms with Gasteiger partial charge in [-0.25, -0.2) is 9.18 Å². The molecular weight excluding hydrogens is 329 g/mol. The van der Waals surface area contributed by atoms with E-state index in [1.54, 1.807) is 45.2 Å². The van der Waals surface area contributed by atoms with E-state index in [9.17, 15) is 14.0 Å². The van der Waals surface area contributed by atoms with Crippen molar-refractivity contribution in [3.63, 3.8) is 0 Å². The van der Waals surface area contributed by atoms with Gasteiger partial charge in [-0.2, -0.15) is 0 Å². The molecule has 0 fully saturated rings. The maximum atomic E-state index is 13.1. The number of rotatable bonds is 4. The molecule has 1 N–H and O–H groups in total. The number of nitrogens with one attached hydrogen (secondary N) is 1. The number of hydrogen-bond acceptors (Lipinski definition) is 4. The molecule has 0 unspecified atom stereocenters. The highest BCUT2D eigenvalue weighted by molar-refractivity contribution is 7.15. The standard InChI is InChI=1S/C18H20FNO3S/c1-5-23-16(21)14-13(11-6-8-12(19)9-7-11)10-24-15(14)20-17(22)18(2,3)4/h6-10H,5H2,1-4H3,(H,20,22). The molecule has 0 bridgehead atoms. The molecular formula is C18H20FNO3S. The lowest BCUT2D eigenvalue weighted by molar-refractivity contribution is -0.123. The molecule has 1 aromatic carbocycles. The summed E-state index contributed by atoms with van der Waals surface area (Å²) in [5, 5.41) is 5.00. The fourth-order valence-electron chi connectivity index (χ4n) is 1.99. The molecule has 1 heterocycles. The second kappa shape index (κ2) is 7.13. The lowest BCUT2D eigenvalue weighted by Crippen LogP contribution is -2.28. The molecule has 24 heavy (non-hydrogen) atoms. The predicted octanol–water partition coefficient (Wildman–Crippen LogP) is 4.72. The van der Waals surface area contributed by atoms with Crippen LogP contribution in [0.4, 0.5) is 9.39 Å². The van der Waals surface area contributed by atoms with Crippen molar-refractivity contribution >= 4 is 28.2 Å². The van der Waals surface area contributed by atoms with E-state index in [0.717, 1.165) is 0 Å². The highest BCUT2D eigenvalue weighted by atomic mass is 32.1.